The topological polar surface area (TPSA) is 31.4 Å². The molecule has 0 aliphatic rings. The lowest BCUT2D eigenvalue weighted by Crippen LogP contribution is -1.98. The van der Waals surface area contributed by atoms with Crippen LogP contribution in [-0.2, 0) is 4.74 Å². The lowest BCUT2D eigenvalue weighted by molar-refractivity contribution is 0.0511. The monoisotopic (exact) mass is 385 g/mol. The van der Waals surface area contributed by atoms with Gasteiger partial charge in [-0.3, -0.25) is 0 Å². The van der Waals surface area contributed by atoms with Crippen molar-refractivity contribution in [3.63, 3.8) is 0 Å². The van der Waals surface area contributed by atoms with E-state index in [2.05, 4.69) is 66.2 Å². The summed E-state index contributed by atoms with van der Waals surface area (Å²) in [6.07, 6.45) is 6.46. The molecule has 0 N–H and O–H groups in total. The average molecular weight is 386 g/mol. The van der Waals surface area contributed by atoms with Crippen LogP contribution < -0.4 is 4.74 Å². The summed E-state index contributed by atoms with van der Waals surface area (Å²) in [6.45, 7) is 2.46. The van der Waals surface area contributed by atoms with Crippen molar-refractivity contribution in [2.24, 2.45) is 0 Å². The number of hydrogen-bond donors (Lipinski definition) is 0. The summed E-state index contributed by atoms with van der Waals surface area (Å²) in [6, 6.07) is 20.6. The number of ether oxygens (including phenoxy) is 2. The van der Waals surface area contributed by atoms with Gasteiger partial charge in [0.1, 0.15) is 11.4 Å². The van der Waals surface area contributed by atoms with Crippen LogP contribution in [0, 0.1) is 11.8 Å². The minimum absolute atomic E-state index is 0.255. The maximum absolute atomic E-state index is 5.44. The van der Waals surface area contributed by atoms with Crippen LogP contribution in [0.4, 0.5) is 0 Å². The van der Waals surface area contributed by atoms with Crippen molar-refractivity contribution in [3.8, 4) is 39.8 Å². The highest BCUT2D eigenvalue weighted by Gasteiger charge is 2.02. The van der Waals surface area contributed by atoms with Crippen LogP contribution >= 0.6 is 0 Å². The fourth-order valence-electron chi connectivity index (χ4n) is 2.98. The standard InChI is InChI=1S/C26H27NO2/c1-3-4-5-6-7-8-25-16-13-24(19-27-25)23-11-9-21(10-12-23)22-14-17-26(18-15-22)29-20-28-2/h9-19H,3-6,20H2,1-2H3. The molecular weight excluding hydrogens is 358 g/mol. The molecule has 0 atom stereocenters. The van der Waals surface area contributed by atoms with Crippen LogP contribution in [0.2, 0.25) is 0 Å². The Morgan fingerprint density at radius 2 is 1.41 bits per heavy atom. The Morgan fingerprint density at radius 1 is 0.793 bits per heavy atom. The molecule has 0 amide bonds. The summed E-state index contributed by atoms with van der Waals surface area (Å²) >= 11 is 0. The van der Waals surface area contributed by atoms with Crippen molar-refractivity contribution < 1.29 is 9.47 Å². The SMILES string of the molecule is CCCCCC#Cc1ccc(-c2ccc(-c3ccc(OCOC)cc3)cc2)cn1. The van der Waals surface area contributed by atoms with Crippen LogP contribution in [0.15, 0.2) is 66.9 Å². The molecule has 2 aromatic carbocycles. The van der Waals surface area contributed by atoms with Gasteiger partial charge in [-0.1, -0.05) is 68.2 Å². The van der Waals surface area contributed by atoms with Gasteiger partial charge in [-0.05, 0) is 47.2 Å². The second-order valence-electron chi connectivity index (χ2n) is 6.84. The molecule has 29 heavy (non-hydrogen) atoms. The normalized spacial score (nSPS) is 10.3. The van der Waals surface area contributed by atoms with Crippen molar-refractivity contribution in [2.75, 3.05) is 13.9 Å². The van der Waals surface area contributed by atoms with Crippen molar-refractivity contribution in [1.82, 2.24) is 4.98 Å². The fraction of sp³-hybridized carbons (Fsp3) is 0.269. The predicted octanol–water partition coefficient (Wildman–Crippen LogP) is 6.33. The van der Waals surface area contributed by atoms with Gasteiger partial charge in [0.15, 0.2) is 6.79 Å². The molecule has 0 fully saturated rings. The number of methoxy groups -OCH3 is 1. The van der Waals surface area contributed by atoms with Gasteiger partial charge in [0.05, 0.1) is 0 Å². The molecule has 0 radical (unpaired) electrons. The second-order valence-corrected chi connectivity index (χ2v) is 6.84. The molecule has 0 spiro atoms. The number of benzene rings is 2. The first-order valence-electron chi connectivity index (χ1n) is 10.1. The highest BCUT2D eigenvalue weighted by molar-refractivity contribution is 5.70. The third-order valence-corrected chi connectivity index (χ3v) is 4.63. The van der Waals surface area contributed by atoms with E-state index in [0.717, 1.165) is 46.5 Å². The zero-order valence-electron chi connectivity index (χ0n) is 17.2. The van der Waals surface area contributed by atoms with Crippen molar-refractivity contribution in [3.05, 3.63) is 72.6 Å². The van der Waals surface area contributed by atoms with Gasteiger partial charge in [0.25, 0.3) is 0 Å². The molecule has 0 aliphatic carbocycles. The van der Waals surface area contributed by atoms with Crippen LogP contribution in [-0.4, -0.2) is 18.9 Å². The summed E-state index contributed by atoms with van der Waals surface area (Å²) in [5.74, 6) is 7.16. The highest BCUT2D eigenvalue weighted by atomic mass is 16.7. The molecular formula is C26H27NO2. The van der Waals surface area contributed by atoms with Gasteiger partial charge in [-0.25, -0.2) is 4.98 Å². The highest BCUT2D eigenvalue weighted by Crippen LogP contribution is 2.26. The Kier molecular flexibility index (Phi) is 7.86. The quantitative estimate of drug-likeness (QED) is 0.258. The lowest BCUT2D eigenvalue weighted by Gasteiger charge is -2.07. The van der Waals surface area contributed by atoms with E-state index in [0.29, 0.717) is 0 Å². The molecule has 3 heteroatoms. The van der Waals surface area contributed by atoms with Crippen molar-refractivity contribution in [1.29, 1.82) is 0 Å². The number of hydrogen-bond acceptors (Lipinski definition) is 3. The number of nitrogens with zero attached hydrogens (tertiary/aromatic N) is 1. The maximum Gasteiger partial charge on any atom is 0.188 e. The molecule has 3 rings (SSSR count). The Labute approximate surface area is 173 Å². The first-order valence-corrected chi connectivity index (χ1v) is 10.1. The predicted molar refractivity (Wildman–Crippen MR) is 119 cm³/mol. The third kappa shape index (κ3) is 6.20. The van der Waals surface area contributed by atoms with Gasteiger partial charge >= 0.3 is 0 Å². The molecule has 0 unspecified atom stereocenters. The first-order chi connectivity index (χ1) is 14.3. The van der Waals surface area contributed by atoms with E-state index in [1.54, 1.807) is 7.11 Å². The smallest absolute Gasteiger partial charge is 0.188 e. The Bertz CT molecular complexity index is 933. The molecule has 0 saturated carbocycles. The minimum atomic E-state index is 0.255. The van der Waals surface area contributed by atoms with E-state index in [-0.39, 0.29) is 6.79 Å². The number of unbranched alkanes of at least 4 members (excludes halogenated alkanes) is 3. The van der Waals surface area contributed by atoms with Crippen LogP contribution in [0.25, 0.3) is 22.3 Å². The van der Waals surface area contributed by atoms with E-state index >= 15 is 0 Å². The summed E-state index contributed by atoms with van der Waals surface area (Å²) in [4.78, 5) is 4.49. The molecule has 0 saturated heterocycles. The Hall–Kier alpha value is -3.09. The van der Waals surface area contributed by atoms with Gasteiger partial charge in [0.2, 0.25) is 0 Å². The van der Waals surface area contributed by atoms with Gasteiger partial charge in [-0.15, -0.1) is 0 Å². The Balaban J connectivity index is 1.63. The summed E-state index contributed by atoms with van der Waals surface area (Å²) in [5, 5.41) is 0. The number of pyridine rings is 1. The molecule has 0 bridgehead atoms. The van der Waals surface area contributed by atoms with E-state index < -0.39 is 0 Å². The van der Waals surface area contributed by atoms with Crippen LogP contribution in [0.5, 0.6) is 5.75 Å². The summed E-state index contributed by atoms with van der Waals surface area (Å²) < 4.78 is 10.4. The molecule has 1 aromatic heterocycles. The minimum Gasteiger partial charge on any atom is -0.468 e. The zero-order chi connectivity index (χ0) is 20.3. The van der Waals surface area contributed by atoms with E-state index in [1.165, 1.54) is 12.8 Å². The van der Waals surface area contributed by atoms with Gasteiger partial charge < -0.3 is 9.47 Å². The van der Waals surface area contributed by atoms with Gasteiger partial charge in [0, 0.05) is 25.3 Å². The Morgan fingerprint density at radius 3 is 2.00 bits per heavy atom. The van der Waals surface area contributed by atoms with Crippen LogP contribution in [0.3, 0.4) is 0 Å². The zero-order valence-corrected chi connectivity index (χ0v) is 17.2. The van der Waals surface area contributed by atoms with Crippen LogP contribution in [0.1, 0.15) is 38.3 Å². The first kappa shape index (κ1) is 20.6. The van der Waals surface area contributed by atoms with Crippen molar-refractivity contribution >= 4 is 0 Å². The third-order valence-electron chi connectivity index (χ3n) is 4.63. The second kappa shape index (κ2) is 11.0. The fourth-order valence-corrected chi connectivity index (χ4v) is 2.98. The largest absolute Gasteiger partial charge is 0.468 e. The van der Waals surface area contributed by atoms with E-state index in [4.69, 9.17) is 9.47 Å². The molecule has 3 aromatic rings. The summed E-state index contributed by atoms with van der Waals surface area (Å²) in [7, 11) is 1.61. The molecule has 148 valence electrons. The molecule has 1 heterocycles. The average Bonchev–Trinajstić information content (AvgIpc) is 2.78. The summed E-state index contributed by atoms with van der Waals surface area (Å²) in [5.41, 5.74) is 5.38. The van der Waals surface area contributed by atoms with Gasteiger partial charge in [-0.2, -0.15) is 0 Å². The number of aromatic nitrogens is 1. The van der Waals surface area contributed by atoms with E-state index in [1.807, 2.05) is 24.4 Å². The number of rotatable bonds is 8. The molecule has 0 aliphatic heterocycles. The lowest BCUT2D eigenvalue weighted by atomic mass is 10.0. The molecule has 3 nitrogen and oxygen atoms in total. The van der Waals surface area contributed by atoms with E-state index in [9.17, 15) is 0 Å². The van der Waals surface area contributed by atoms with Crippen molar-refractivity contribution in [2.45, 2.75) is 32.6 Å². The maximum atomic E-state index is 5.44.